The van der Waals surface area contributed by atoms with Gasteiger partial charge >= 0.3 is 0 Å². The van der Waals surface area contributed by atoms with E-state index in [0.29, 0.717) is 47.6 Å². The van der Waals surface area contributed by atoms with Crippen LogP contribution in [0.2, 0.25) is 0 Å². The summed E-state index contributed by atoms with van der Waals surface area (Å²) in [6.45, 7) is 6.17. The zero-order valence-electron chi connectivity index (χ0n) is 22.2. The summed E-state index contributed by atoms with van der Waals surface area (Å²) in [6, 6.07) is 5.77. The lowest BCUT2D eigenvalue weighted by molar-refractivity contribution is -0.121. The Balaban J connectivity index is 1.42. The zero-order chi connectivity index (χ0) is 26.6. The second kappa shape index (κ2) is 11.4. The van der Waals surface area contributed by atoms with E-state index in [4.69, 9.17) is 9.72 Å². The maximum Gasteiger partial charge on any atom is 0.251 e. The first-order valence-electron chi connectivity index (χ1n) is 13.5. The van der Waals surface area contributed by atoms with Crippen molar-refractivity contribution < 1.29 is 14.3 Å². The number of hydrogen-bond acceptors (Lipinski definition) is 8. The number of benzene rings is 1. The number of rotatable bonds is 8. The van der Waals surface area contributed by atoms with E-state index in [1.54, 1.807) is 43.5 Å². The molecule has 2 fully saturated rings. The summed E-state index contributed by atoms with van der Waals surface area (Å²) in [4.78, 5) is 39.4. The molecule has 38 heavy (non-hydrogen) atoms. The molecule has 1 saturated heterocycles. The molecule has 2 aliphatic heterocycles. The van der Waals surface area contributed by atoms with Crippen molar-refractivity contribution in [2.24, 2.45) is 5.92 Å². The van der Waals surface area contributed by atoms with E-state index in [0.717, 1.165) is 38.2 Å². The van der Waals surface area contributed by atoms with E-state index in [9.17, 15) is 9.59 Å². The van der Waals surface area contributed by atoms with Crippen LogP contribution in [0.4, 0.5) is 23.1 Å². The van der Waals surface area contributed by atoms with Crippen LogP contribution in [0.5, 0.6) is 5.75 Å². The number of anilines is 4. The standard InChI is InChI=1S/C28H37N7O3/c1-4-7-19-17-35(21-8-5-6-9-21)25-23(34(2)27(19)37)16-30-28(33-25)32-22-11-10-18(14-24(22)38-3)26(36)31-20-12-13-29-15-20/h4,10-11,14,16,19-21,29H,1,5-9,12-13,15,17H2,2-3H3,(H,31,36)(H,30,32,33)/t19-,20+/m0/s1. The normalized spacial score (nSPS) is 21.7. The van der Waals surface area contributed by atoms with Gasteiger partial charge in [-0.1, -0.05) is 18.9 Å². The smallest absolute Gasteiger partial charge is 0.251 e. The van der Waals surface area contributed by atoms with E-state index in [1.807, 2.05) is 6.08 Å². The second-order valence-corrected chi connectivity index (χ2v) is 10.3. The molecule has 2 amide bonds. The van der Waals surface area contributed by atoms with Gasteiger partial charge in [-0.15, -0.1) is 6.58 Å². The monoisotopic (exact) mass is 519 g/mol. The highest BCUT2D eigenvalue weighted by molar-refractivity contribution is 5.99. The van der Waals surface area contributed by atoms with Gasteiger partial charge in [-0.25, -0.2) is 4.98 Å². The Labute approximate surface area is 223 Å². The molecule has 1 aromatic carbocycles. The molecular formula is C28H37N7O3. The minimum atomic E-state index is -0.178. The molecular weight excluding hydrogens is 482 g/mol. The number of nitrogens with zero attached hydrogens (tertiary/aromatic N) is 4. The molecule has 5 rings (SSSR count). The van der Waals surface area contributed by atoms with Crippen LogP contribution >= 0.6 is 0 Å². The van der Waals surface area contributed by atoms with Crippen molar-refractivity contribution in [3.63, 3.8) is 0 Å². The molecule has 10 nitrogen and oxygen atoms in total. The molecule has 3 heterocycles. The minimum absolute atomic E-state index is 0.0554. The van der Waals surface area contributed by atoms with Gasteiger partial charge in [0.25, 0.3) is 5.91 Å². The fourth-order valence-electron chi connectivity index (χ4n) is 5.69. The molecule has 0 spiro atoms. The lowest BCUT2D eigenvalue weighted by Gasteiger charge is -2.31. The van der Waals surface area contributed by atoms with Crippen molar-refractivity contribution >= 4 is 35.0 Å². The molecule has 1 aromatic heterocycles. The van der Waals surface area contributed by atoms with Crippen molar-refractivity contribution in [1.82, 2.24) is 20.6 Å². The van der Waals surface area contributed by atoms with Crippen LogP contribution in [0.25, 0.3) is 0 Å². The maximum absolute atomic E-state index is 13.2. The number of amides is 2. The average molecular weight is 520 g/mol. The van der Waals surface area contributed by atoms with E-state index in [2.05, 4.69) is 32.4 Å². The SMILES string of the molecule is C=CC[C@H]1CN(C2CCCC2)c2nc(Nc3ccc(C(=O)N[C@@H]4CCNC4)cc3OC)ncc2N(C)C1=O. The van der Waals surface area contributed by atoms with Crippen LogP contribution in [-0.2, 0) is 4.79 Å². The summed E-state index contributed by atoms with van der Waals surface area (Å²) in [5.74, 6) is 1.44. The van der Waals surface area contributed by atoms with E-state index >= 15 is 0 Å². The van der Waals surface area contributed by atoms with Gasteiger partial charge in [0.1, 0.15) is 11.4 Å². The first-order chi connectivity index (χ1) is 18.5. The van der Waals surface area contributed by atoms with Crippen LogP contribution < -0.4 is 30.5 Å². The zero-order valence-corrected chi connectivity index (χ0v) is 22.2. The number of aromatic nitrogens is 2. The number of carbonyl (C=O) groups excluding carboxylic acids is 2. The van der Waals surface area contributed by atoms with E-state index in [1.165, 1.54) is 12.8 Å². The molecule has 1 aliphatic carbocycles. The van der Waals surface area contributed by atoms with Crippen LogP contribution in [0.1, 0.15) is 48.9 Å². The molecule has 0 bridgehead atoms. The molecule has 2 atom stereocenters. The van der Waals surface area contributed by atoms with Crippen molar-refractivity contribution in [3.8, 4) is 5.75 Å². The topological polar surface area (TPSA) is 112 Å². The predicted molar refractivity (Wildman–Crippen MR) is 148 cm³/mol. The highest BCUT2D eigenvalue weighted by Gasteiger charge is 2.36. The Morgan fingerprint density at radius 3 is 2.82 bits per heavy atom. The van der Waals surface area contributed by atoms with E-state index in [-0.39, 0.29) is 23.8 Å². The number of methoxy groups -OCH3 is 1. The number of fused-ring (bicyclic) bond motifs is 1. The quantitative estimate of drug-likeness (QED) is 0.456. The fraction of sp³-hybridized carbons (Fsp3) is 0.500. The largest absolute Gasteiger partial charge is 0.495 e. The second-order valence-electron chi connectivity index (χ2n) is 10.3. The van der Waals surface area contributed by atoms with Gasteiger partial charge in [0.15, 0.2) is 5.82 Å². The first kappa shape index (κ1) is 26.0. The molecule has 0 radical (unpaired) electrons. The van der Waals surface area contributed by atoms with Gasteiger partial charge < -0.3 is 30.5 Å². The number of allylic oxidation sites excluding steroid dienone is 1. The van der Waals surface area contributed by atoms with Gasteiger partial charge in [-0.3, -0.25) is 9.59 Å². The fourth-order valence-corrected chi connectivity index (χ4v) is 5.69. The third-order valence-corrected chi connectivity index (χ3v) is 7.80. The van der Waals surface area contributed by atoms with Crippen LogP contribution in [0, 0.1) is 5.92 Å². The Bertz CT molecular complexity index is 1190. The van der Waals surface area contributed by atoms with Crippen LogP contribution in [0.15, 0.2) is 37.1 Å². The predicted octanol–water partition coefficient (Wildman–Crippen LogP) is 3.24. The lowest BCUT2D eigenvalue weighted by Crippen LogP contribution is -2.39. The molecule has 202 valence electrons. The molecule has 1 saturated carbocycles. The highest BCUT2D eigenvalue weighted by atomic mass is 16.5. The average Bonchev–Trinajstić information content (AvgIpc) is 3.64. The van der Waals surface area contributed by atoms with Crippen molar-refractivity contribution in [1.29, 1.82) is 0 Å². The lowest BCUT2D eigenvalue weighted by atomic mass is 10.0. The molecule has 3 N–H and O–H groups in total. The number of hydrogen-bond donors (Lipinski definition) is 3. The summed E-state index contributed by atoms with van der Waals surface area (Å²) in [5, 5.41) is 9.59. The summed E-state index contributed by atoms with van der Waals surface area (Å²) in [5.41, 5.74) is 1.89. The van der Waals surface area contributed by atoms with Crippen LogP contribution in [0.3, 0.4) is 0 Å². The van der Waals surface area contributed by atoms with Gasteiger partial charge in [-0.2, -0.15) is 4.98 Å². The molecule has 0 unspecified atom stereocenters. The Morgan fingerprint density at radius 1 is 1.29 bits per heavy atom. The minimum Gasteiger partial charge on any atom is -0.495 e. The summed E-state index contributed by atoms with van der Waals surface area (Å²) in [7, 11) is 3.36. The summed E-state index contributed by atoms with van der Waals surface area (Å²) in [6.07, 6.45) is 9.59. The van der Waals surface area contributed by atoms with Gasteiger partial charge in [0, 0.05) is 37.8 Å². The number of nitrogens with one attached hydrogen (secondary N) is 3. The van der Waals surface area contributed by atoms with Gasteiger partial charge in [0.2, 0.25) is 11.9 Å². The Kier molecular flexibility index (Phi) is 7.78. The molecule has 3 aliphatic rings. The maximum atomic E-state index is 13.2. The summed E-state index contributed by atoms with van der Waals surface area (Å²) >= 11 is 0. The van der Waals surface area contributed by atoms with Crippen molar-refractivity contribution in [2.45, 2.75) is 50.6 Å². The number of carbonyl (C=O) groups is 2. The van der Waals surface area contributed by atoms with Gasteiger partial charge in [0.05, 0.1) is 24.9 Å². The Morgan fingerprint density at radius 2 is 2.11 bits per heavy atom. The number of ether oxygens (including phenoxy) is 1. The molecule has 2 aromatic rings. The highest BCUT2D eigenvalue weighted by Crippen LogP contribution is 2.38. The van der Waals surface area contributed by atoms with Crippen molar-refractivity contribution in [2.75, 3.05) is 48.9 Å². The van der Waals surface area contributed by atoms with Gasteiger partial charge in [-0.05, 0) is 50.4 Å². The van der Waals surface area contributed by atoms with Crippen LogP contribution in [-0.4, -0.2) is 67.7 Å². The first-order valence-corrected chi connectivity index (χ1v) is 13.5. The molecule has 10 heteroatoms. The third-order valence-electron chi connectivity index (χ3n) is 7.80. The van der Waals surface area contributed by atoms with E-state index < -0.39 is 0 Å². The van der Waals surface area contributed by atoms with Crippen molar-refractivity contribution in [3.05, 3.63) is 42.6 Å². The Hall–Kier alpha value is -3.66. The summed E-state index contributed by atoms with van der Waals surface area (Å²) < 4.78 is 5.60. The third kappa shape index (κ3) is 5.31.